The number of benzene rings is 2. The number of epoxide rings is 2. The van der Waals surface area contributed by atoms with Gasteiger partial charge in [0, 0.05) is 12.8 Å². The Morgan fingerprint density at radius 3 is 1.57 bits per heavy atom. The fraction of sp³-hybridized carbons (Fsp3) is 0.364. The molecule has 0 amide bonds. The summed E-state index contributed by atoms with van der Waals surface area (Å²) < 4.78 is 15.6. The molecule has 2 atom stereocenters. The highest BCUT2D eigenvalue weighted by Crippen LogP contribution is 2.24. The topological polar surface area (TPSA) is 60.7 Å². The Kier molecular flexibility index (Phi) is 3.74. The highest BCUT2D eigenvalue weighted by atomic mass is 16.6. The Morgan fingerprint density at radius 2 is 1.14 bits per heavy atom. The second-order valence-electron chi connectivity index (χ2n) is 7.67. The molecule has 4 heterocycles. The standard InChI is InChI=1S/C22H22N4O2/c1-3-7-19-17(5-1)23-21(25(19)11-15-13-27-15)9-10-22-24-18-6-2-4-8-20(18)26(22)12-16-14-28-16/h1-8,15-16H,9-14H2/t15-,16+. The van der Waals surface area contributed by atoms with Crippen LogP contribution in [0.3, 0.4) is 0 Å². The number of para-hydroxylation sites is 4. The highest BCUT2D eigenvalue weighted by molar-refractivity contribution is 5.76. The molecule has 4 aromatic rings. The number of fused-ring (bicyclic) bond motifs is 2. The van der Waals surface area contributed by atoms with Crippen LogP contribution < -0.4 is 0 Å². The maximum atomic E-state index is 5.48. The first-order chi connectivity index (χ1) is 13.8. The van der Waals surface area contributed by atoms with E-state index in [4.69, 9.17) is 19.4 Å². The first kappa shape index (κ1) is 16.3. The molecule has 142 valence electrons. The van der Waals surface area contributed by atoms with Crippen LogP contribution in [-0.4, -0.2) is 44.5 Å². The van der Waals surface area contributed by atoms with Gasteiger partial charge in [-0.2, -0.15) is 0 Å². The molecule has 2 aromatic heterocycles. The summed E-state index contributed by atoms with van der Waals surface area (Å²) >= 11 is 0. The van der Waals surface area contributed by atoms with E-state index < -0.39 is 0 Å². The molecule has 0 bridgehead atoms. The molecule has 6 nitrogen and oxygen atoms in total. The SMILES string of the molecule is c1ccc2c(c1)nc(CCc1nc3ccccc3n1C[C@@H]1CO1)n2C[C@H]1CO1. The smallest absolute Gasteiger partial charge is 0.110 e. The van der Waals surface area contributed by atoms with Crippen LogP contribution in [0, 0.1) is 0 Å². The molecule has 0 aliphatic carbocycles. The van der Waals surface area contributed by atoms with Crippen LogP contribution >= 0.6 is 0 Å². The predicted molar refractivity (Wildman–Crippen MR) is 106 cm³/mol. The summed E-state index contributed by atoms with van der Waals surface area (Å²) in [5, 5.41) is 0. The Morgan fingerprint density at radius 1 is 0.714 bits per heavy atom. The number of hydrogen-bond acceptors (Lipinski definition) is 4. The molecule has 2 fully saturated rings. The first-order valence-electron chi connectivity index (χ1n) is 9.96. The van der Waals surface area contributed by atoms with Crippen molar-refractivity contribution >= 4 is 22.1 Å². The lowest BCUT2D eigenvalue weighted by Gasteiger charge is -2.09. The molecule has 2 aliphatic rings. The quantitative estimate of drug-likeness (QED) is 0.467. The van der Waals surface area contributed by atoms with E-state index in [1.165, 1.54) is 11.0 Å². The molecule has 0 unspecified atom stereocenters. The van der Waals surface area contributed by atoms with E-state index in [9.17, 15) is 0 Å². The number of nitrogens with zero attached hydrogens (tertiary/aromatic N) is 4. The lowest BCUT2D eigenvalue weighted by atomic mass is 10.2. The van der Waals surface area contributed by atoms with Crippen LogP contribution in [0.5, 0.6) is 0 Å². The summed E-state index contributed by atoms with van der Waals surface area (Å²) in [4.78, 5) is 9.82. The monoisotopic (exact) mass is 374 g/mol. The third-order valence-electron chi connectivity index (χ3n) is 5.62. The van der Waals surface area contributed by atoms with Crippen LogP contribution in [0.25, 0.3) is 22.1 Å². The van der Waals surface area contributed by atoms with Gasteiger partial charge >= 0.3 is 0 Å². The van der Waals surface area contributed by atoms with Crippen LogP contribution in [-0.2, 0) is 35.4 Å². The third kappa shape index (κ3) is 2.99. The molecule has 0 N–H and O–H groups in total. The maximum absolute atomic E-state index is 5.48. The van der Waals surface area contributed by atoms with Crippen molar-refractivity contribution in [2.24, 2.45) is 0 Å². The lowest BCUT2D eigenvalue weighted by molar-refractivity contribution is 0.380. The van der Waals surface area contributed by atoms with E-state index in [0.717, 1.165) is 61.8 Å². The normalized spacial score (nSPS) is 20.9. The molecule has 0 spiro atoms. The largest absolute Gasteiger partial charge is 0.371 e. The second kappa shape index (κ2) is 6.43. The van der Waals surface area contributed by atoms with E-state index in [1.54, 1.807) is 0 Å². The van der Waals surface area contributed by atoms with E-state index in [1.807, 2.05) is 12.1 Å². The van der Waals surface area contributed by atoms with Crippen LogP contribution in [0.2, 0.25) is 0 Å². The number of ether oxygens (including phenoxy) is 2. The molecule has 0 saturated carbocycles. The zero-order valence-corrected chi connectivity index (χ0v) is 15.6. The highest BCUT2D eigenvalue weighted by Gasteiger charge is 2.27. The molecular formula is C22H22N4O2. The summed E-state index contributed by atoms with van der Waals surface area (Å²) in [7, 11) is 0. The van der Waals surface area contributed by atoms with Gasteiger partial charge in [0.15, 0.2) is 0 Å². The zero-order valence-electron chi connectivity index (χ0n) is 15.6. The van der Waals surface area contributed by atoms with Crippen molar-refractivity contribution in [2.45, 2.75) is 38.1 Å². The minimum absolute atomic E-state index is 0.327. The van der Waals surface area contributed by atoms with Gasteiger partial charge in [0.05, 0.1) is 60.6 Å². The summed E-state index contributed by atoms with van der Waals surface area (Å²) in [6.07, 6.45) is 2.37. The third-order valence-corrected chi connectivity index (χ3v) is 5.62. The Hall–Kier alpha value is -2.70. The van der Waals surface area contributed by atoms with E-state index in [-0.39, 0.29) is 0 Å². The predicted octanol–water partition coefficient (Wildman–Crippen LogP) is 2.97. The number of aromatic nitrogens is 4. The average molecular weight is 374 g/mol. The lowest BCUT2D eigenvalue weighted by Crippen LogP contribution is -2.12. The van der Waals surface area contributed by atoms with Gasteiger partial charge < -0.3 is 18.6 Å². The molecule has 2 aromatic carbocycles. The van der Waals surface area contributed by atoms with Crippen molar-refractivity contribution in [3.8, 4) is 0 Å². The maximum Gasteiger partial charge on any atom is 0.110 e. The average Bonchev–Trinajstić information content (AvgIpc) is 3.63. The molecule has 6 heteroatoms. The summed E-state index contributed by atoms with van der Waals surface area (Å²) in [6.45, 7) is 3.45. The minimum Gasteiger partial charge on any atom is -0.371 e. The van der Waals surface area contributed by atoms with Crippen LogP contribution in [0.1, 0.15) is 11.6 Å². The van der Waals surface area contributed by atoms with Crippen LogP contribution in [0.15, 0.2) is 48.5 Å². The van der Waals surface area contributed by atoms with E-state index >= 15 is 0 Å². The number of rotatable bonds is 7. The van der Waals surface area contributed by atoms with Crippen molar-refractivity contribution in [3.05, 3.63) is 60.2 Å². The van der Waals surface area contributed by atoms with Crippen molar-refractivity contribution in [3.63, 3.8) is 0 Å². The van der Waals surface area contributed by atoms with Gasteiger partial charge in [-0.25, -0.2) is 9.97 Å². The van der Waals surface area contributed by atoms with Crippen molar-refractivity contribution < 1.29 is 9.47 Å². The molecule has 2 aliphatic heterocycles. The van der Waals surface area contributed by atoms with Crippen molar-refractivity contribution in [1.82, 2.24) is 19.1 Å². The van der Waals surface area contributed by atoms with Gasteiger partial charge in [-0.05, 0) is 24.3 Å². The van der Waals surface area contributed by atoms with Gasteiger partial charge in [0.1, 0.15) is 11.6 Å². The molecule has 2 saturated heterocycles. The van der Waals surface area contributed by atoms with Gasteiger partial charge in [-0.15, -0.1) is 0 Å². The summed E-state index contributed by atoms with van der Waals surface area (Å²) in [5.41, 5.74) is 4.48. The molecule has 0 radical (unpaired) electrons. The Labute approximate surface area is 162 Å². The molecule has 28 heavy (non-hydrogen) atoms. The first-order valence-corrected chi connectivity index (χ1v) is 9.96. The van der Waals surface area contributed by atoms with E-state index in [2.05, 4.69) is 45.5 Å². The molecule has 6 rings (SSSR count). The number of imidazole rings is 2. The van der Waals surface area contributed by atoms with Crippen LogP contribution in [0.4, 0.5) is 0 Å². The second-order valence-corrected chi connectivity index (χ2v) is 7.67. The number of aryl methyl sites for hydroxylation is 2. The van der Waals surface area contributed by atoms with Gasteiger partial charge in [0.25, 0.3) is 0 Å². The zero-order chi connectivity index (χ0) is 18.5. The van der Waals surface area contributed by atoms with Gasteiger partial charge in [-0.1, -0.05) is 24.3 Å². The molecular weight excluding hydrogens is 352 g/mol. The Balaban J connectivity index is 1.33. The van der Waals surface area contributed by atoms with Crippen molar-refractivity contribution in [1.29, 1.82) is 0 Å². The van der Waals surface area contributed by atoms with Crippen molar-refractivity contribution in [2.75, 3.05) is 13.2 Å². The van der Waals surface area contributed by atoms with Gasteiger partial charge in [0.2, 0.25) is 0 Å². The van der Waals surface area contributed by atoms with Gasteiger partial charge in [-0.3, -0.25) is 0 Å². The summed E-state index contributed by atoms with van der Waals surface area (Å²) in [5.74, 6) is 2.22. The van der Waals surface area contributed by atoms with E-state index in [0.29, 0.717) is 12.2 Å². The fourth-order valence-electron chi connectivity index (χ4n) is 4.02. The Bertz CT molecular complexity index is 1060. The summed E-state index contributed by atoms with van der Waals surface area (Å²) in [6, 6.07) is 16.7. The fourth-order valence-corrected chi connectivity index (χ4v) is 4.02. The number of hydrogen-bond donors (Lipinski definition) is 0. The minimum atomic E-state index is 0.327.